The molecular weight excluding hydrogens is 297 g/mol. The van der Waals surface area contributed by atoms with Crippen molar-refractivity contribution in [2.75, 3.05) is 14.2 Å². The minimum atomic E-state index is -0.341. The summed E-state index contributed by atoms with van der Waals surface area (Å²) >= 11 is 0. The normalized spacial score (nSPS) is 10.6. The third-order valence-electron chi connectivity index (χ3n) is 3.26. The van der Waals surface area contributed by atoms with Gasteiger partial charge in [0.05, 0.1) is 14.2 Å². The average Bonchev–Trinajstić information content (AvgIpc) is 2.58. The van der Waals surface area contributed by atoms with E-state index in [-0.39, 0.29) is 18.3 Å². The van der Waals surface area contributed by atoms with Crippen LogP contribution in [0.5, 0.6) is 11.5 Å². The molecule has 0 saturated carbocycles. The van der Waals surface area contributed by atoms with Crippen LogP contribution < -0.4 is 14.8 Å². The molecule has 0 aliphatic heterocycles. The maximum atomic E-state index is 13.5. The summed E-state index contributed by atoms with van der Waals surface area (Å²) < 4.78 is 24.0. The van der Waals surface area contributed by atoms with Crippen molar-refractivity contribution >= 4 is 12.0 Å². The van der Waals surface area contributed by atoms with E-state index in [1.807, 2.05) is 6.07 Å². The topological polar surface area (TPSA) is 47.6 Å². The maximum Gasteiger partial charge on any atom is 0.244 e. The van der Waals surface area contributed by atoms with Gasteiger partial charge in [-0.1, -0.05) is 30.3 Å². The van der Waals surface area contributed by atoms with Crippen molar-refractivity contribution in [3.63, 3.8) is 0 Å². The molecule has 120 valence electrons. The van der Waals surface area contributed by atoms with Crippen LogP contribution in [-0.2, 0) is 11.3 Å². The predicted octanol–water partition coefficient (Wildman–Crippen LogP) is 3.17. The van der Waals surface area contributed by atoms with E-state index in [0.717, 1.165) is 0 Å². The lowest BCUT2D eigenvalue weighted by Crippen LogP contribution is -2.20. The third-order valence-corrected chi connectivity index (χ3v) is 3.26. The second kappa shape index (κ2) is 7.98. The number of amides is 1. The van der Waals surface area contributed by atoms with Gasteiger partial charge in [0.2, 0.25) is 5.91 Å². The molecule has 2 rings (SSSR count). The Balaban J connectivity index is 2.03. The van der Waals surface area contributed by atoms with Crippen LogP contribution in [0.3, 0.4) is 0 Å². The average molecular weight is 315 g/mol. The highest BCUT2D eigenvalue weighted by Gasteiger charge is 2.07. The van der Waals surface area contributed by atoms with Crippen LogP contribution >= 0.6 is 0 Å². The number of benzene rings is 2. The first-order valence-electron chi connectivity index (χ1n) is 7.06. The van der Waals surface area contributed by atoms with Crippen LogP contribution in [0.1, 0.15) is 11.1 Å². The SMILES string of the molecule is COc1cccc(/C=C/C(=O)NCc2ccccc2F)c1OC. The van der Waals surface area contributed by atoms with Crippen LogP contribution in [0.15, 0.2) is 48.5 Å². The Kier molecular flexibility index (Phi) is 5.74. The first-order valence-corrected chi connectivity index (χ1v) is 7.06. The first kappa shape index (κ1) is 16.5. The number of carbonyl (C=O) groups is 1. The van der Waals surface area contributed by atoms with Gasteiger partial charge < -0.3 is 14.8 Å². The fraction of sp³-hybridized carbons (Fsp3) is 0.167. The molecule has 0 fully saturated rings. The Hall–Kier alpha value is -2.82. The van der Waals surface area contributed by atoms with Crippen molar-refractivity contribution < 1.29 is 18.7 Å². The van der Waals surface area contributed by atoms with Crippen LogP contribution in [0.25, 0.3) is 6.08 Å². The number of nitrogens with one attached hydrogen (secondary N) is 1. The van der Waals surface area contributed by atoms with E-state index >= 15 is 0 Å². The molecule has 0 unspecified atom stereocenters. The molecule has 0 aliphatic rings. The lowest BCUT2D eigenvalue weighted by atomic mass is 10.1. The predicted molar refractivity (Wildman–Crippen MR) is 86.8 cm³/mol. The molecule has 1 N–H and O–H groups in total. The van der Waals surface area contributed by atoms with Crippen molar-refractivity contribution in [1.29, 1.82) is 0 Å². The Morgan fingerprint density at radius 1 is 1.13 bits per heavy atom. The Bertz CT molecular complexity index is 713. The molecule has 1 amide bonds. The van der Waals surface area contributed by atoms with Crippen LogP contribution in [0.2, 0.25) is 0 Å². The van der Waals surface area contributed by atoms with Crippen molar-refractivity contribution in [1.82, 2.24) is 5.32 Å². The number of para-hydroxylation sites is 1. The van der Waals surface area contributed by atoms with Crippen molar-refractivity contribution in [3.05, 3.63) is 65.5 Å². The van der Waals surface area contributed by atoms with E-state index in [0.29, 0.717) is 22.6 Å². The van der Waals surface area contributed by atoms with Gasteiger partial charge in [-0.25, -0.2) is 4.39 Å². The summed E-state index contributed by atoms with van der Waals surface area (Å²) in [7, 11) is 3.08. The van der Waals surface area contributed by atoms with Crippen molar-refractivity contribution in [2.45, 2.75) is 6.54 Å². The fourth-order valence-corrected chi connectivity index (χ4v) is 2.09. The molecule has 4 nitrogen and oxygen atoms in total. The molecule has 0 saturated heterocycles. The highest BCUT2D eigenvalue weighted by atomic mass is 19.1. The van der Waals surface area contributed by atoms with E-state index in [1.165, 1.54) is 19.3 Å². The number of halogens is 1. The largest absolute Gasteiger partial charge is 0.493 e. The highest BCUT2D eigenvalue weighted by molar-refractivity contribution is 5.92. The first-order chi connectivity index (χ1) is 11.2. The van der Waals surface area contributed by atoms with Gasteiger partial charge in [-0.3, -0.25) is 4.79 Å². The third kappa shape index (κ3) is 4.32. The Labute approximate surface area is 134 Å². The number of carbonyl (C=O) groups excluding carboxylic acids is 1. The smallest absolute Gasteiger partial charge is 0.244 e. The van der Waals surface area contributed by atoms with Gasteiger partial charge in [-0.15, -0.1) is 0 Å². The monoisotopic (exact) mass is 315 g/mol. The zero-order valence-corrected chi connectivity index (χ0v) is 13.0. The highest BCUT2D eigenvalue weighted by Crippen LogP contribution is 2.31. The van der Waals surface area contributed by atoms with Crippen molar-refractivity contribution in [2.24, 2.45) is 0 Å². The van der Waals surface area contributed by atoms with Crippen LogP contribution in [0.4, 0.5) is 4.39 Å². The molecule has 0 bridgehead atoms. The number of hydrogen-bond donors (Lipinski definition) is 1. The summed E-state index contributed by atoms with van der Waals surface area (Å²) in [5.41, 5.74) is 1.15. The quantitative estimate of drug-likeness (QED) is 0.833. The molecular formula is C18H18FNO3. The molecule has 0 aliphatic carbocycles. The number of hydrogen-bond acceptors (Lipinski definition) is 3. The molecule has 2 aromatic carbocycles. The standard InChI is InChI=1S/C18H18FNO3/c1-22-16-9-5-7-13(18(16)23-2)10-11-17(21)20-12-14-6-3-4-8-15(14)19/h3-11H,12H2,1-2H3,(H,20,21)/b11-10+. The molecule has 23 heavy (non-hydrogen) atoms. The van der Waals surface area contributed by atoms with E-state index < -0.39 is 0 Å². The van der Waals surface area contributed by atoms with Gasteiger partial charge in [0.25, 0.3) is 0 Å². The number of ether oxygens (including phenoxy) is 2. The lowest BCUT2D eigenvalue weighted by molar-refractivity contribution is -0.116. The summed E-state index contributed by atoms with van der Waals surface area (Å²) in [4.78, 5) is 11.9. The van der Waals surface area contributed by atoms with E-state index in [9.17, 15) is 9.18 Å². The molecule has 0 heterocycles. The van der Waals surface area contributed by atoms with Gasteiger partial charge in [-0.2, -0.15) is 0 Å². The van der Waals surface area contributed by atoms with Crippen LogP contribution in [-0.4, -0.2) is 20.1 Å². The van der Waals surface area contributed by atoms with Crippen molar-refractivity contribution in [3.8, 4) is 11.5 Å². The van der Waals surface area contributed by atoms with Gasteiger partial charge in [-0.05, 0) is 18.2 Å². The second-order valence-electron chi connectivity index (χ2n) is 4.73. The molecule has 0 aromatic heterocycles. The summed E-state index contributed by atoms with van der Waals surface area (Å²) in [5.74, 6) is 0.471. The fourth-order valence-electron chi connectivity index (χ4n) is 2.09. The second-order valence-corrected chi connectivity index (χ2v) is 4.73. The van der Waals surface area contributed by atoms with Crippen LogP contribution in [0, 0.1) is 5.82 Å². The zero-order valence-electron chi connectivity index (χ0n) is 13.0. The van der Waals surface area contributed by atoms with E-state index in [1.54, 1.807) is 43.5 Å². The maximum absolute atomic E-state index is 13.5. The summed E-state index contributed by atoms with van der Waals surface area (Å²) in [6, 6.07) is 11.7. The van der Waals surface area contributed by atoms with Gasteiger partial charge >= 0.3 is 0 Å². The van der Waals surface area contributed by atoms with Gasteiger partial charge in [0.15, 0.2) is 11.5 Å². The molecule has 0 spiro atoms. The Morgan fingerprint density at radius 2 is 1.91 bits per heavy atom. The molecule has 0 atom stereocenters. The summed E-state index contributed by atoms with van der Waals surface area (Å²) in [6.45, 7) is 0.130. The summed E-state index contributed by atoms with van der Waals surface area (Å²) in [6.07, 6.45) is 3.00. The molecule has 5 heteroatoms. The minimum Gasteiger partial charge on any atom is -0.493 e. The van der Waals surface area contributed by atoms with Gasteiger partial charge in [0, 0.05) is 23.7 Å². The van der Waals surface area contributed by atoms with E-state index in [2.05, 4.69) is 5.32 Å². The molecule has 0 radical (unpaired) electrons. The van der Waals surface area contributed by atoms with Gasteiger partial charge in [0.1, 0.15) is 5.82 Å². The molecule has 2 aromatic rings. The lowest BCUT2D eigenvalue weighted by Gasteiger charge is -2.09. The summed E-state index contributed by atoms with van der Waals surface area (Å²) in [5, 5.41) is 2.64. The zero-order chi connectivity index (χ0) is 16.7. The number of rotatable bonds is 6. The number of methoxy groups -OCH3 is 2. The van der Waals surface area contributed by atoms with E-state index in [4.69, 9.17) is 9.47 Å². The Morgan fingerprint density at radius 3 is 2.61 bits per heavy atom. The minimum absolute atomic E-state index is 0.130.